The molecule has 0 saturated heterocycles. The molecule has 2 aromatic carbocycles. The highest BCUT2D eigenvalue weighted by Crippen LogP contribution is 2.31. The van der Waals surface area contributed by atoms with Crippen LogP contribution in [0.15, 0.2) is 40.9 Å². The molecule has 3 nitrogen and oxygen atoms in total. The van der Waals surface area contributed by atoms with Gasteiger partial charge in [0.05, 0.1) is 4.47 Å². The van der Waals surface area contributed by atoms with Crippen LogP contribution in [0.4, 0.5) is 10.5 Å². The average molecular weight is 376 g/mol. The van der Waals surface area contributed by atoms with Crippen molar-refractivity contribution in [3.05, 3.63) is 57.6 Å². The number of rotatable bonds is 2. The van der Waals surface area contributed by atoms with E-state index >= 15 is 0 Å². The summed E-state index contributed by atoms with van der Waals surface area (Å²) in [7, 11) is 0. The summed E-state index contributed by atoms with van der Waals surface area (Å²) in [6.07, 6.45) is -0.499. The van der Waals surface area contributed by atoms with Gasteiger partial charge in [-0.1, -0.05) is 44.5 Å². The second-order valence-corrected chi connectivity index (χ2v) is 7.58. The van der Waals surface area contributed by atoms with Crippen molar-refractivity contribution in [1.82, 2.24) is 0 Å². The van der Waals surface area contributed by atoms with E-state index in [-0.39, 0.29) is 5.41 Å². The summed E-state index contributed by atoms with van der Waals surface area (Å²) < 4.78 is 6.17. The lowest BCUT2D eigenvalue weighted by Crippen LogP contribution is -2.18. The van der Waals surface area contributed by atoms with Gasteiger partial charge in [-0.05, 0) is 64.5 Å². The maximum atomic E-state index is 12.1. The Morgan fingerprint density at radius 1 is 1.09 bits per heavy atom. The molecule has 0 saturated carbocycles. The lowest BCUT2D eigenvalue weighted by molar-refractivity contribution is 0.215. The normalized spacial score (nSPS) is 11.2. The van der Waals surface area contributed by atoms with Gasteiger partial charge in [-0.3, -0.25) is 5.32 Å². The van der Waals surface area contributed by atoms with Crippen LogP contribution < -0.4 is 10.1 Å². The number of carbonyl (C=O) groups is 1. The van der Waals surface area contributed by atoms with Gasteiger partial charge in [-0.15, -0.1) is 0 Å². The van der Waals surface area contributed by atoms with E-state index in [2.05, 4.69) is 42.0 Å². The summed E-state index contributed by atoms with van der Waals surface area (Å²) in [6.45, 7) is 10.4. The van der Waals surface area contributed by atoms with Crippen LogP contribution in [0.2, 0.25) is 0 Å². The number of aryl methyl sites for hydroxylation is 2. The number of hydrogen-bond donors (Lipinski definition) is 1. The molecular weight excluding hydrogens is 354 g/mol. The summed E-state index contributed by atoms with van der Waals surface area (Å²) in [5.41, 5.74) is 4.13. The van der Waals surface area contributed by atoms with Gasteiger partial charge in [0.1, 0.15) is 5.75 Å². The number of amides is 1. The van der Waals surface area contributed by atoms with Crippen LogP contribution in [-0.2, 0) is 5.41 Å². The van der Waals surface area contributed by atoms with Crippen LogP contribution in [0.5, 0.6) is 5.75 Å². The standard InChI is InChI=1S/C19H22BrNO2/c1-12-6-8-16(13(2)10-12)21-18(22)23-17-9-7-14(11-15(17)20)19(3,4)5/h6-11H,1-5H3,(H,21,22). The molecule has 2 aromatic rings. The zero-order valence-corrected chi connectivity index (χ0v) is 15.7. The quantitative estimate of drug-likeness (QED) is 0.701. The summed E-state index contributed by atoms with van der Waals surface area (Å²) in [4.78, 5) is 12.1. The fourth-order valence-corrected chi connectivity index (χ4v) is 2.70. The zero-order valence-electron chi connectivity index (χ0n) is 14.2. The van der Waals surface area contributed by atoms with E-state index in [9.17, 15) is 4.79 Å². The number of ether oxygens (including phenoxy) is 1. The number of anilines is 1. The number of benzene rings is 2. The van der Waals surface area contributed by atoms with Crippen molar-refractivity contribution in [1.29, 1.82) is 0 Å². The van der Waals surface area contributed by atoms with E-state index in [0.29, 0.717) is 5.75 Å². The highest BCUT2D eigenvalue weighted by Gasteiger charge is 2.16. The Morgan fingerprint density at radius 3 is 2.35 bits per heavy atom. The van der Waals surface area contributed by atoms with E-state index < -0.39 is 6.09 Å². The van der Waals surface area contributed by atoms with Crippen LogP contribution in [0, 0.1) is 13.8 Å². The third-order valence-corrected chi connectivity index (χ3v) is 4.24. The Balaban J connectivity index is 2.11. The molecule has 0 aromatic heterocycles. The summed E-state index contributed by atoms with van der Waals surface area (Å²) in [6, 6.07) is 11.6. The van der Waals surface area contributed by atoms with E-state index in [1.165, 1.54) is 5.56 Å². The monoisotopic (exact) mass is 375 g/mol. The number of hydrogen-bond acceptors (Lipinski definition) is 2. The van der Waals surface area contributed by atoms with Gasteiger partial charge in [-0.2, -0.15) is 0 Å². The highest BCUT2D eigenvalue weighted by molar-refractivity contribution is 9.10. The predicted molar refractivity (Wildman–Crippen MR) is 98.4 cm³/mol. The molecule has 23 heavy (non-hydrogen) atoms. The molecule has 1 amide bonds. The first kappa shape index (κ1) is 17.5. The third-order valence-electron chi connectivity index (χ3n) is 3.62. The zero-order chi connectivity index (χ0) is 17.2. The maximum absolute atomic E-state index is 12.1. The highest BCUT2D eigenvalue weighted by atomic mass is 79.9. The first-order chi connectivity index (χ1) is 10.7. The SMILES string of the molecule is Cc1ccc(NC(=O)Oc2ccc(C(C)(C)C)cc2Br)c(C)c1. The number of halogens is 1. The largest absolute Gasteiger partial charge is 0.417 e. The molecule has 2 rings (SSSR count). The number of carbonyl (C=O) groups excluding carboxylic acids is 1. The van der Waals surface area contributed by atoms with Crippen molar-refractivity contribution in [2.75, 3.05) is 5.32 Å². The Kier molecular flexibility index (Phi) is 5.15. The molecule has 0 unspecified atom stereocenters. The van der Waals surface area contributed by atoms with E-state index in [1.807, 2.05) is 50.2 Å². The predicted octanol–water partition coefficient (Wildman–Crippen LogP) is 5.97. The van der Waals surface area contributed by atoms with E-state index in [1.54, 1.807) is 0 Å². The first-order valence-electron chi connectivity index (χ1n) is 7.53. The molecule has 0 spiro atoms. The van der Waals surface area contributed by atoms with Gasteiger partial charge in [0.25, 0.3) is 0 Å². The first-order valence-corrected chi connectivity index (χ1v) is 8.32. The van der Waals surface area contributed by atoms with E-state index in [0.717, 1.165) is 21.3 Å². The summed E-state index contributed by atoms with van der Waals surface area (Å²) >= 11 is 3.47. The van der Waals surface area contributed by atoms with Crippen molar-refractivity contribution in [3.8, 4) is 5.75 Å². The average Bonchev–Trinajstić information content (AvgIpc) is 2.43. The molecule has 4 heteroatoms. The molecular formula is C19H22BrNO2. The molecule has 0 aliphatic rings. The van der Waals surface area contributed by atoms with Crippen molar-refractivity contribution in [2.24, 2.45) is 0 Å². The molecule has 0 aliphatic carbocycles. The van der Waals surface area contributed by atoms with Gasteiger partial charge < -0.3 is 4.74 Å². The topological polar surface area (TPSA) is 38.3 Å². The van der Waals surface area contributed by atoms with Gasteiger partial charge in [-0.25, -0.2) is 4.79 Å². The van der Waals surface area contributed by atoms with Crippen molar-refractivity contribution >= 4 is 27.7 Å². The van der Waals surface area contributed by atoms with Crippen molar-refractivity contribution in [3.63, 3.8) is 0 Å². The van der Waals surface area contributed by atoms with Crippen molar-refractivity contribution < 1.29 is 9.53 Å². The Labute approximate surface area is 146 Å². The Bertz CT molecular complexity index is 733. The molecule has 1 N–H and O–H groups in total. The molecule has 0 radical (unpaired) electrons. The maximum Gasteiger partial charge on any atom is 0.417 e. The fraction of sp³-hybridized carbons (Fsp3) is 0.316. The third kappa shape index (κ3) is 4.58. The van der Waals surface area contributed by atoms with Crippen LogP contribution in [0.3, 0.4) is 0 Å². The second kappa shape index (κ2) is 6.75. The van der Waals surface area contributed by atoms with Crippen LogP contribution in [0.1, 0.15) is 37.5 Å². The molecule has 0 heterocycles. The molecule has 0 bridgehead atoms. The minimum Gasteiger partial charge on any atom is -0.409 e. The molecule has 0 fully saturated rings. The van der Waals surface area contributed by atoms with Crippen LogP contribution >= 0.6 is 15.9 Å². The minimum atomic E-state index is -0.499. The van der Waals surface area contributed by atoms with Crippen LogP contribution in [-0.4, -0.2) is 6.09 Å². The molecule has 0 aliphatic heterocycles. The van der Waals surface area contributed by atoms with Gasteiger partial charge in [0.15, 0.2) is 0 Å². The molecule has 0 atom stereocenters. The second-order valence-electron chi connectivity index (χ2n) is 6.73. The smallest absolute Gasteiger partial charge is 0.409 e. The lowest BCUT2D eigenvalue weighted by Gasteiger charge is -2.20. The van der Waals surface area contributed by atoms with E-state index in [4.69, 9.17) is 4.74 Å². The van der Waals surface area contributed by atoms with Crippen LogP contribution in [0.25, 0.3) is 0 Å². The Morgan fingerprint density at radius 2 is 1.78 bits per heavy atom. The summed E-state index contributed by atoms with van der Waals surface area (Å²) in [5.74, 6) is 0.500. The summed E-state index contributed by atoms with van der Waals surface area (Å²) in [5, 5.41) is 2.78. The minimum absolute atomic E-state index is 0.0440. The van der Waals surface area contributed by atoms with Gasteiger partial charge in [0.2, 0.25) is 0 Å². The van der Waals surface area contributed by atoms with Crippen molar-refractivity contribution in [2.45, 2.75) is 40.0 Å². The number of nitrogens with one attached hydrogen (secondary N) is 1. The van der Waals surface area contributed by atoms with Gasteiger partial charge >= 0.3 is 6.09 Å². The Hall–Kier alpha value is -1.81. The molecule has 122 valence electrons. The lowest BCUT2D eigenvalue weighted by atomic mass is 9.87. The fourth-order valence-electron chi connectivity index (χ4n) is 2.24. The van der Waals surface area contributed by atoms with Gasteiger partial charge in [0, 0.05) is 5.69 Å².